The summed E-state index contributed by atoms with van der Waals surface area (Å²) in [6, 6.07) is 7.96. The molecule has 1 aliphatic carbocycles. The summed E-state index contributed by atoms with van der Waals surface area (Å²) in [7, 11) is 0. The number of hydrogen-bond acceptors (Lipinski definition) is 3. The van der Waals surface area contributed by atoms with Crippen LogP contribution < -0.4 is 11.2 Å². The normalized spacial score (nSPS) is 19.5. The number of allylic oxidation sites excluding steroid dienone is 1. The molecule has 1 saturated carbocycles. The van der Waals surface area contributed by atoms with Gasteiger partial charge in [0.05, 0.1) is 17.3 Å². The highest BCUT2D eigenvalue weighted by Gasteiger charge is 2.26. The van der Waals surface area contributed by atoms with Crippen molar-refractivity contribution in [3.05, 3.63) is 35.9 Å². The van der Waals surface area contributed by atoms with Crippen molar-refractivity contribution in [2.75, 3.05) is 5.43 Å². The molecule has 1 fully saturated rings. The lowest BCUT2D eigenvalue weighted by Crippen LogP contribution is -2.32. The zero-order chi connectivity index (χ0) is 15.4. The Morgan fingerprint density at radius 1 is 1.23 bits per heavy atom. The Labute approximate surface area is 131 Å². The van der Waals surface area contributed by atoms with Gasteiger partial charge in [0.1, 0.15) is 0 Å². The van der Waals surface area contributed by atoms with Crippen molar-refractivity contribution in [3.8, 4) is 0 Å². The van der Waals surface area contributed by atoms with E-state index in [0.29, 0.717) is 5.92 Å². The van der Waals surface area contributed by atoms with Crippen LogP contribution in [0.4, 0.5) is 5.69 Å². The molecule has 2 aliphatic rings. The van der Waals surface area contributed by atoms with Gasteiger partial charge in [0.15, 0.2) is 0 Å². The first-order valence-corrected chi connectivity index (χ1v) is 8.14. The van der Waals surface area contributed by atoms with E-state index < -0.39 is 0 Å². The summed E-state index contributed by atoms with van der Waals surface area (Å²) in [5, 5.41) is 4.43. The second kappa shape index (κ2) is 6.77. The molecule has 0 bridgehead atoms. The zero-order valence-electron chi connectivity index (χ0n) is 12.8. The molecule has 3 rings (SSSR count). The van der Waals surface area contributed by atoms with Gasteiger partial charge in [-0.25, -0.2) is 0 Å². The maximum absolute atomic E-state index is 11.9. The first-order valence-electron chi connectivity index (χ1n) is 8.14. The van der Waals surface area contributed by atoms with Crippen LogP contribution in [0.25, 0.3) is 6.08 Å². The van der Waals surface area contributed by atoms with E-state index in [9.17, 15) is 4.79 Å². The van der Waals surface area contributed by atoms with Gasteiger partial charge in [0.25, 0.3) is 0 Å². The minimum absolute atomic E-state index is 0.276. The summed E-state index contributed by atoms with van der Waals surface area (Å²) in [5.41, 5.74) is 11.5. The number of carbonyl (C=O) groups is 1. The van der Waals surface area contributed by atoms with Gasteiger partial charge in [0, 0.05) is 0 Å². The molecule has 1 aliphatic heterocycles. The Balaban J connectivity index is 1.77. The lowest BCUT2D eigenvalue weighted by Gasteiger charge is -2.25. The number of nitrogens with two attached hydrogens (primary N) is 1. The molecule has 0 spiro atoms. The fourth-order valence-corrected chi connectivity index (χ4v) is 3.41. The predicted molar refractivity (Wildman–Crippen MR) is 90.4 cm³/mol. The number of para-hydroxylation sites is 1. The maximum Gasteiger partial charge on any atom is 0.226 e. The van der Waals surface area contributed by atoms with Crippen molar-refractivity contribution in [2.45, 2.75) is 38.5 Å². The number of hydrazone groups is 1. The molecule has 1 amide bonds. The van der Waals surface area contributed by atoms with Crippen LogP contribution in [0.15, 0.2) is 35.4 Å². The average molecular weight is 297 g/mol. The highest BCUT2D eigenvalue weighted by atomic mass is 16.1. The van der Waals surface area contributed by atoms with Gasteiger partial charge in [-0.2, -0.15) is 5.10 Å². The second-order valence-electron chi connectivity index (χ2n) is 6.26. The van der Waals surface area contributed by atoms with Crippen LogP contribution in [-0.2, 0) is 4.79 Å². The first kappa shape index (κ1) is 14.8. The molecule has 0 aromatic heterocycles. The standard InChI is InChI=1S/C18H23N3O/c19-18(22)15(12-13-6-2-1-3-7-13)17-11-10-14-8-4-5-9-16(14)20-21-17/h4-5,8-11,13,15,20H,1-3,6-7,12H2,(H2,19,22). The molecule has 1 atom stereocenters. The lowest BCUT2D eigenvalue weighted by molar-refractivity contribution is -0.120. The molecule has 1 heterocycles. The van der Waals surface area contributed by atoms with E-state index >= 15 is 0 Å². The van der Waals surface area contributed by atoms with Crippen LogP contribution in [-0.4, -0.2) is 11.6 Å². The number of rotatable bonds is 4. The summed E-state index contributed by atoms with van der Waals surface area (Å²) in [6.07, 6.45) is 11.0. The Morgan fingerprint density at radius 2 is 2.00 bits per heavy atom. The number of amides is 1. The van der Waals surface area contributed by atoms with Crippen LogP contribution in [0.2, 0.25) is 0 Å². The largest absolute Gasteiger partial charge is 0.369 e. The fourth-order valence-electron chi connectivity index (χ4n) is 3.41. The Morgan fingerprint density at radius 3 is 2.77 bits per heavy atom. The average Bonchev–Trinajstić information content (AvgIpc) is 2.76. The van der Waals surface area contributed by atoms with Crippen LogP contribution in [0.3, 0.4) is 0 Å². The van der Waals surface area contributed by atoms with Gasteiger partial charge in [-0.05, 0) is 30.0 Å². The second-order valence-corrected chi connectivity index (χ2v) is 6.26. The quantitative estimate of drug-likeness (QED) is 0.892. The van der Waals surface area contributed by atoms with E-state index in [2.05, 4.69) is 10.5 Å². The summed E-state index contributed by atoms with van der Waals surface area (Å²) in [6.45, 7) is 0. The topological polar surface area (TPSA) is 67.5 Å². The molecule has 4 nitrogen and oxygen atoms in total. The van der Waals surface area contributed by atoms with E-state index in [-0.39, 0.29) is 11.8 Å². The monoisotopic (exact) mass is 297 g/mol. The number of fused-ring (bicyclic) bond motifs is 1. The van der Waals surface area contributed by atoms with E-state index in [1.54, 1.807) is 0 Å². The summed E-state index contributed by atoms with van der Waals surface area (Å²) in [4.78, 5) is 11.9. The maximum atomic E-state index is 11.9. The van der Waals surface area contributed by atoms with Crippen molar-refractivity contribution in [2.24, 2.45) is 22.7 Å². The van der Waals surface area contributed by atoms with Crippen LogP contribution in [0.5, 0.6) is 0 Å². The third-order valence-corrected chi connectivity index (χ3v) is 4.69. The number of benzene rings is 1. The highest BCUT2D eigenvalue weighted by molar-refractivity contribution is 6.12. The summed E-state index contributed by atoms with van der Waals surface area (Å²) in [5.74, 6) is 0.0101. The van der Waals surface area contributed by atoms with Crippen molar-refractivity contribution in [1.29, 1.82) is 0 Å². The van der Waals surface area contributed by atoms with Gasteiger partial charge in [-0.15, -0.1) is 0 Å². The van der Waals surface area contributed by atoms with Crippen molar-refractivity contribution >= 4 is 23.4 Å². The van der Waals surface area contributed by atoms with Gasteiger partial charge in [-0.3, -0.25) is 10.2 Å². The molecule has 22 heavy (non-hydrogen) atoms. The molecule has 1 unspecified atom stereocenters. The number of nitrogens with one attached hydrogen (secondary N) is 1. The molecule has 4 heteroatoms. The van der Waals surface area contributed by atoms with Gasteiger partial charge in [0.2, 0.25) is 5.91 Å². The van der Waals surface area contributed by atoms with Crippen LogP contribution >= 0.6 is 0 Å². The molecule has 0 radical (unpaired) electrons. The van der Waals surface area contributed by atoms with Gasteiger partial charge < -0.3 is 5.73 Å². The molecular weight excluding hydrogens is 274 g/mol. The van der Waals surface area contributed by atoms with E-state index in [1.165, 1.54) is 32.1 Å². The lowest BCUT2D eigenvalue weighted by atomic mass is 9.81. The number of hydrogen-bond donors (Lipinski definition) is 2. The van der Waals surface area contributed by atoms with Gasteiger partial charge >= 0.3 is 0 Å². The SMILES string of the molecule is NC(=O)C(CC1CCCCC1)C1=NNc2ccccc2C=C1. The third kappa shape index (κ3) is 3.38. The fraction of sp³-hybridized carbons (Fsp3) is 0.444. The minimum Gasteiger partial charge on any atom is -0.369 e. The van der Waals surface area contributed by atoms with Crippen molar-refractivity contribution in [1.82, 2.24) is 0 Å². The predicted octanol–water partition coefficient (Wildman–Crippen LogP) is 3.55. The Bertz CT molecular complexity index is 600. The van der Waals surface area contributed by atoms with Crippen LogP contribution in [0.1, 0.15) is 44.1 Å². The highest BCUT2D eigenvalue weighted by Crippen LogP contribution is 2.30. The molecule has 1 aromatic carbocycles. The number of nitrogens with zero attached hydrogens (tertiary/aromatic N) is 1. The first-order chi connectivity index (χ1) is 10.7. The summed E-state index contributed by atoms with van der Waals surface area (Å²) < 4.78 is 0. The zero-order valence-corrected chi connectivity index (χ0v) is 12.8. The Kier molecular flexibility index (Phi) is 4.56. The molecule has 0 saturated heterocycles. The molecule has 116 valence electrons. The van der Waals surface area contributed by atoms with E-state index in [0.717, 1.165) is 23.4 Å². The number of primary amides is 1. The van der Waals surface area contributed by atoms with E-state index in [1.807, 2.05) is 36.4 Å². The van der Waals surface area contributed by atoms with Crippen molar-refractivity contribution < 1.29 is 4.79 Å². The third-order valence-electron chi connectivity index (χ3n) is 4.69. The molecular formula is C18H23N3O. The number of anilines is 1. The molecule has 3 N–H and O–H groups in total. The minimum atomic E-state index is -0.304. The molecule has 1 aromatic rings. The van der Waals surface area contributed by atoms with Gasteiger partial charge in [-0.1, -0.05) is 56.4 Å². The number of carbonyl (C=O) groups excluding carboxylic acids is 1. The van der Waals surface area contributed by atoms with Crippen molar-refractivity contribution in [3.63, 3.8) is 0 Å². The smallest absolute Gasteiger partial charge is 0.226 e. The van der Waals surface area contributed by atoms with Crippen LogP contribution in [0, 0.1) is 11.8 Å². The summed E-state index contributed by atoms with van der Waals surface area (Å²) >= 11 is 0. The Hall–Kier alpha value is -2.10. The van der Waals surface area contributed by atoms with E-state index in [4.69, 9.17) is 5.73 Å².